The van der Waals surface area contributed by atoms with Crippen molar-refractivity contribution in [2.45, 2.75) is 24.3 Å². The van der Waals surface area contributed by atoms with Crippen molar-refractivity contribution in [3.05, 3.63) is 131 Å². The molecule has 2 amide bonds. The number of pyridine rings is 1. The molecular formula is C29H20F6N4O. The average Bonchev–Trinajstić information content (AvgIpc) is 2.93. The second kappa shape index (κ2) is 11.1. The fraction of sp³-hybridized carbons (Fsp3) is 0.138. The molecule has 0 aliphatic rings. The van der Waals surface area contributed by atoms with Crippen LogP contribution in [0.3, 0.4) is 0 Å². The van der Waals surface area contributed by atoms with E-state index in [1.165, 1.54) is 30.3 Å². The Bertz CT molecular complexity index is 1510. The van der Waals surface area contributed by atoms with Crippen LogP contribution in [-0.4, -0.2) is 11.0 Å². The van der Waals surface area contributed by atoms with E-state index in [9.17, 15) is 31.1 Å². The van der Waals surface area contributed by atoms with Crippen LogP contribution >= 0.6 is 0 Å². The molecule has 1 unspecified atom stereocenters. The summed E-state index contributed by atoms with van der Waals surface area (Å²) in [6, 6.07) is 21.3. The second-order valence-corrected chi connectivity index (χ2v) is 8.84. The number of hydrogen-bond acceptors (Lipinski definition) is 3. The Kier molecular flexibility index (Phi) is 7.81. The summed E-state index contributed by atoms with van der Waals surface area (Å²) >= 11 is 0. The van der Waals surface area contributed by atoms with Gasteiger partial charge in [-0.3, -0.25) is 4.98 Å². The molecule has 1 heterocycles. The topological polar surface area (TPSA) is 77.8 Å². The molecule has 5 nitrogen and oxygen atoms in total. The van der Waals surface area contributed by atoms with Crippen molar-refractivity contribution >= 4 is 11.7 Å². The largest absolute Gasteiger partial charge is 0.417 e. The van der Waals surface area contributed by atoms with Crippen molar-refractivity contribution in [3.8, 4) is 6.07 Å². The van der Waals surface area contributed by atoms with Gasteiger partial charge in [-0.1, -0.05) is 42.5 Å². The summed E-state index contributed by atoms with van der Waals surface area (Å²) < 4.78 is 81.1. The molecule has 4 rings (SSSR count). The minimum Gasteiger partial charge on any atom is -0.322 e. The Hall–Kier alpha value is -4.85. The van der Waals surface area contributed by atoms with E-state index in [0.717, 1.165) is 30.3 Å². The Balaban J connectivity index is 1.88. The van der Waals surface area contributed by atoms with E-state index in [4.69, 9.17) is 5.26 Å². The minimum atomic E-state index is -4.73. The van der Waals surface area contributed by atoms with Gasteiger partial charge in [0, 0.05) is 18.3 Å². The first-order chi connectivity index (χ1) is 18.9. The molecule has 0 saturated carbocycles. The van der Waals surface area contributed by atoms with Crippen molar-refractivity contribution in [3.63, 3.8) is 0 Å². The second-order valence-electron chi connectivity index (χ2n) is 8.84. The summed E-state index contributed by atoms with van der Waals surface area (Å²) in [5.41, 5.74) is -2.88. The van der Waals surface area contributed by atoms with Gasteiger partial charge < -0.3 is 10.6 Å². The van der Waals surface area contributed by atoms with Crippen LogP contribution in [0, 0.1) is 11.3 Å². The first-order valence-corrected chi connectivity index (χ1v) is 11.8. The molecule has 0 radical (unpaired) electrons. The molecule has 40 heavy (non-hydrogen) atoms. The Labute approximate surface area is 225 Å². The zero-order valence-electron chi connectivity index (χ0n) is 20.5. The molecule has 3 aromatic carbocycles. The quantitative estimate of drug-likeness (QED) is 0.246. The highest BCUT2D eigenvalue weighted by Gasteiger charge is 2.41. The van der Waals surface area contributed by atoms with Crippen LogP contribution in [-0.2, 0) is 24.3 Å². The van der Waals surface area contributed by atoms with Gasteiger partial charge in [0.15, 0.2) is 0 Å². The molecule has 0 aliphatic carbocycles. The van der Waals surface area contributed by atoms with E-state index >= 15 is 0 Å². The summed E-state index contributed by atoms with van der Waals surface area (Å²) in [6.07, 6.45) is -9.01. The third kappa shape index (κ3) is 6.40. The highest BCUT2D eigenvalue weighted by molar-refractivity contribution is 5.90. The molecule has 0 saturated heterocycles. The predicted molar refractivity (Wildman–Crippen MR) is 135 cm³/mol. The normalized spacial score (nSPS) is 13.1. The van der Waals surface area contributed by atoms with E-state index in [1.807, 2.05) is 6.07 Å². The maximum atomic E-state index is 13.7. The molecule has 1 atom stereocenters. The number of carbonyl (C=O) groups is 1. The number of nitriles is 1. The molecule has 0 fully saturated rings. The highest BCUT2D eigenvalue weighted by atomic mass is 19.4. The first-order valence-electron chi connectivity index (χ1n) is 11.8. The van der Waals surface area contributed by atoms with Crippen molar-refractivity contribution in [1.82, 2.24) is 10.3 Å². The van der Waals surface area contributed by atoms with Crippen molar-refractivity contribution in [2.24, 2.45) is 0 Å². The fourth-order valence-corrected chi connectivity index (χ4v) is 4.18. The Morgan fingerprint density at radius 1 is 0.775 bits per heavy atom. The molecule has 0 bridgehead atoms. The lowest BCUT2D eigenvalue weighted by molar-refractivity contribution is -0.138. The Morgan fingerprint density at radius 2 is 1.43 bits per heavy atom. The summed E-state index contributed by atoms with van der Waals surface area (Å²) in [6.45, 7) is 0. The number of benzene rings is 3. The number of alkyl halides is 6. The molecule has 0 aliphatic heterocycles. The molecule has 4 aromatic rings. The maximum absolute atomic E-state index is 13.7. The van der Waals surface area contributed by atoms with E-state index in [-0.39, 0.29) is 23.4 Å². The number of rotatable bonds is 6. The van der Waals surface area contributed by atoms with E-state index in [2.05, 4.69) is 15.6 Å². The zero-order valence-corrected chi connectivity index (χ0v) is 20.5. The van der Waals surface area contributed by atoms with Gasteiger partial charge in [-0.05, 0) is 59.7 Å². The molecule has 204 valence electrons. The third-order valence-electron chi connectivity index (χ3n) is 6.12. The maximum Gasteiger partial charge on any atom is 0.417 e. The third-order valence-corrected chi connectivity index (χ3v) is 6.12. The highest BCUT2D eigenvalue weighted by Crippen LogP contribution is 2.38. The molecule has 1 aromatic heterocycles. The van der Waals surface area contributed by atoms with Crippen LogP contribution in [0.2, 0.25) is 0 Å². The van der Waals surface area contributed by atoms with Crippen LogP contribution in [0.15, 0.2) is 97.2 Å². The molecular weight excluding hydrogens is 534 g/mol. The number of halogens is 6. The standard InChI is InChI=1S/C29H20F6N4O/c30-28(31,32)22-8-4-7-21(15-22)27(16-19-5-2-1-3-6-19,25-14-11-23(18-37-25)29(33,34)35)39-26(40)38-24-12-9-20(17-36)10-13-24/h1-15,18H,16H2,(H2,38,39,40). The van der Waals surface area contributed by atoms with Crippen molar-refractivity contribution in [1.29, 1.82) is 5.26 Å². The van der Waals surface area contributed by atoms with Gasteiger partial charge >= 0.3 is 18.4 Å². The number of nitrogens with zero attached hydrogens (tertiary/aromatic N) is 2. The van der Waals surface area contributed by atoms with Gasteiger partial charge in [0.25, 0.3) is 0 Å². The van der Waals surface area contributed by atoms with Gasteiger partial charge in [-0.2, -0.15) is 31.6 Å². The summed E-state index contributed by atoms with van der Waals surface area (Å²) in [5.74, 6) is 0. The number of hydrogen-bond donors (Lipinski definition) is 2. The number of anilines is 1. The number of urea groups is 1. The molecule has 0 spiro atoms. The summed E-state index contributed by atoms with van der Waals surface area (Å²) in [5, 5.41) is 14.3. The molecule has 2 N–H and O–H groups in total. The number of aromatic nitrogens is 1. The molecule has 11 heteroatoms. The first kappa shape index (κ1) is 28.2. The SMILES string of the molecule is N#Cc1ccc(NC(=O)NC(Cc2ccccc2)(c2cccc(C(F)(F)F)c2)c2ccc(C(F)(F)F)cn2)cc1. The van der Waals surface area contributed by atoms with Crippen LogP contribution in [0.4, 0.5) is 36.8 Å². The predicted octanol–water partition coefficient (Wildman–Crippen LogP) is 7.30. The number of carbonyl (C=O) groups excluding carboxylic acids is 1. The number of nitrogens with one attached hydrogen (secondary N) is 2. The van der Waals surface area contributed by atoms with E-state index < -0.39 is 35.0 Å². The lowest BCUT2D eigenvalue weighted by Gasteiger charge is -2.36. The zero-order chi connectivity index (χ0) is 29.0. The Morgan fingerprint density at radius 3 is 2.00 bits per heavy atom. The van der Waals surface area contributed by atoms with Crippen LogP contribution in [0.25, 0.3) is 0 Å². The van der Waals surface area contributed by atoms with Gasteiger partial charge in [-0.25, -0.2) is 4.79 Å². The van der Waals surface area contributed by atoms with E-state index in [1.54, 1.807) is 30.3 Å². The van der Waals surface area contributed by atoms with Gasteiger partial charge in [-0.15, -0.1) is 0 Å². The summed E-state index contributed by atoms with van der Waals surface area (Å²) in [4.78, 5) is 17.3. The lowest BCUT2D eigenvalue weighted by atomic mass is 9.79. The average molecular weight is 554 g/mol. The van der Waals surface area contributed by atoms with Crippen LogP contribution < -0.4 is 10.6 Å². The lowest BCUT2D eigenvalue weighted by Crippen LogP contribution is -2.50. The van der Waals surface area contributed by atoms with Gasteiger partial charge in [0.05, 0.1) is 28.5 Å². The van der Waals surface area contributed by atoms with Gasteiger partial charge in [0.2, 0.25) is 0 Å². The van der Waals surface area contributed by atoms with E-state index in [0.29, 0.717) is 17.3 Å². The monoisotopic (exact) mass is 554 g/mol. The minimum absolute atomic E-state index is 0.0478. The van der Waals surface area contributed by atoms with Crippen molar-refractivity contribution < 1.29 is 31.1 Å². The summed E-state index contributed by atoms with van der Waals surface area (Å²) in [7, 11) is 0. The fourth-order valence-electron chi connectivity index (χ4n) is 4.18. The van der Waals surface area contributed by atoms with Crippen LogP contribution in [0.5, 0.6) is 0 Å². The van der Waals surface area contributed by atoms with Crippen LogP contribution in [0.1, 0.15) is 33.5 Å². The smallest absolute Gasteiger partial charge is 0.322 e. The van der Waals surface area contributed by atoms with Crippen molar-refractivity contribution in [2.75, 3.05) is 5.32 Å². The van der Waals surface area contributed by atoms with Gasteiger partial charge in [0.1, 0.15) is 5.54 Å². The number of amides is 2.